The van der Waals surface area contributed by atoms with E-state index in [0.717, 1.165) is 15.0 Å². The Morgan fingerprint density at radius 3 is 2.95 bits per heavy atom. The second-order valence-electron chi connectivity index (χ2n) is 4.66. The van der Waals surface area contributed by atoms with Crippen LogP contribution in [0.3, 0.4) is 0 Å². The number of H-pyrrole nitrogens is 1. The molecule has 0 bridgehead atoms. The van der Waals surface area contributed by atoms with E-state index in [0.29, 0.717) is 18.7 Å². The predicted molar refractivity (Wildman–Crippen MR) is 68.8 cm³/mol. The average Bonchev–Trinajstić information content (AvgIpc) is 2.91. The van der Waals surface area contributed by atoms with Gasteiger partial charge < -0.3 is 5.11 Å². The van der Waals surface area contributed by atoms with Crippen molar-refractivity contribution in [3.05, 3.63) is 12.2 Å². The molecule has 2 N–H and O–H groups in total. The molecule has 1 aliphatic rings. The quantitative estimate of drug-likeness (QED) is 0.751. The molecule has 10 heteroatoms. The summed E-state index contributed by atoms with van der Waals surface area (Å²) >= 11 is 0. The van der Waals surface area contributed by atoms with E-state index in [-0.39, 0.29) is 13.1 Å². The molecule has 2 heterocycles. The summed E-state index contributed by atoms with van der Waals surface area (Å²) in [5.74, 6) is -0.707. The van der Waals surface area contributed by atoms with Crippen molar-refractivity contribution in [3.8, 4) is 0 Å². The van der Waals surface area contributed by atoms with Crippen molar-refractivity contribution in [3.63, 3.8) is 0 Å². The lowest BCUT2D eigenvalue weighted by Gasteiger charge is -2.34. The van der Waals surface area contributed by atoms with Gasteiger partial charge in [0.05, 0.1) is 6.54 Å². The Bertz CT molecular complexity index is 558. The van der Waals surface area contributed by atoms with Gasteiger partial charge in [0.25, 0.3) is 10.2 Å². The van der Waals surface area contributed by atoms with Crippen molar-refractivity contribution in [1.29, 1.82) is 0 Å². The molecule has 0 aliphatic carbocycles. The van der Waals surface area contributed by atoms with Gasteiger partial charge in [-0.15, -0.1) is 0 Å². The zero-order valence-electron chi connectivity index (χ0n) is 11.1. The van der Waals surface area contributed by atoms with Crippen LogP contribution in [0.5, 0.6) is 0 Å². The van der Waals surface area contributed by atoms with Crippen LogP contribution in [0.2, 0.25) is 0 Å². The first kappa shape index (κ1) is 14.9. The average molecular weight is 303 g/mol. The van der Waals surface area contributed by atoms with E-state index in [9.17, 15) is 13.2 Å². The van der Waals surface area contributed by atoms with Gasteiger partial charge in [0.15, 0.2) is 0 Å². The molecule has 9 nitrogen and oxygen atoms in total. The highest BCUT2D eigenvalue weighted by Gasteiger charge is 2.38. The molecular formula is C10H17N5O4S. The number of nitrogens with zero attached hydrogens (tertiary/aromatic N) is 4. The minimum absolute atomic E-state index is 0.0190. The number of aliphatic carboxylic acids is 1. The van der Waals surface area contributed by atoms with Crippen LogP contribution in [0.4, 0.5) is 0 Å². The fraction of sp³-hybridized carbons (Fsp3) is 0.700. The molecule has 1 aromatic heterocycles. The van der Waals surface area contributed by atoms with Crippen LogP contribution in [-0.2, 0) is 21.5 Å². The van der Waals surface area contributed by atoms with Gasteiger partial charge in [0, 0.05) is 13.6 Å². The number of rotatable bonds is 5. The van der Waals surface area contributed by atoms with Gasteiger partial charge >= 0.3 is 5.97 Å². The smallest absolute Gasteiger partial charge is 0.322 e. The molecule has 1 saturated heterocycles. The molecule has 0 saturated carbocycles. The van der Waals surface area contributed by atoms with Crippen LogP contribution >= 0.6 is 0 Å². The third-order valence-corrected chi connectivity index (χ3v) is 5.21. The standard InChI is InChI=1S/C10H17N5O4S/c1-14(6-9-11-7-12-13-9)20(18,19)15-5-3-2-4-8(15)10(16)17/h7-8H,2-6H2,1H3,(H,16,17)(H,11,12,13). The van der Waals surface area contributed by atoms with Crippen LogP contribution in [0.1, 0.15) is 25.1 Å². The van der Waals surface area contributed by atoms with E-state index in [4.69, 9.17) is 5.11 Å². The second-order valence-corrected chi connectivity index (χ2v) is 6.64. The first-order valence-electron chi connectivity index (χ1n) is 6.23. The Labute approximate surface area is 116 Å². The summed E-state index contributed by atoms with van der Waals surface area (Å²) < 4.78 is 27.0. The zero-order valence-corrected chi connectivity index (χ0v) is 11.9. The minimum atomic E-state index is -3.83. The number of hydrogen-bond donors (Lipinski definition) is 2. The lowest BCUT2D eigenvalue weighted by Crippen LogP contribution is -2.52. The van der Waals surface area contributed by atoms with Gasteiger partial charge in [-0.25, -0.2) is 4.98 Å². The highest BCUT2D eigenvalue weighted by molar-refractivity contribution is 7.86. The summed E-state index contributed by atoms with van der Waals surface area (Å²) in [7, 11) is -2.44. The Balaban J connectivity index is 2.17. The highest BCUT2D eigenvalue weighted by atomic mass is 32.2. The molecule has 1 unspecified atom stereocenters. The molecule has 2 rings (SSSR count). The van der Waals surface area contributed by atoms with Gasteiger partial charge in [-0.1, -0.05) is 0 Å². The Kier molecular flexibility index (Phi) is 4.35. The Morgan fingerprint density at radius 2 is 2.35 bits per heavy atom. The maximum absolute atomic E-state index is 12.5. The molecule has 1 fully saturated rings. The number of carboxylic acid groups (broad SMARTS) is 1. The molecule has 0 amide bonds. The van der Waals surface area contributed by atoms with Gasteiger partial charge in [0.1, 0.15) is 18.2 Å². The number of hydrogen-bond acceptors (Lipinski definition) is 5. The van der Waals surface area contributed by atoms with Crippen molar-refractivity contribution in [2.45, 2.75) is 31.8 Å². The van der Waals surface area contributed by atoms with E-state index < -0.39 is 22.2 Å². The van der Waals surface area contributed by atoms with Gasteiger partial charge in [-0.05, 0) is 19.3 Å². The predicted octanol–water partition coefficient (Wildman–Crippen LogP) is -0.580. The summed E-state index contributed by atoms with van der Waals surface area (Å²) in [6.45, 7) is 0.241. The van der Waals surface area contributed by atoms with Gasteiger partial charge in [-0.3, -0.25) is 9.89 Å². The van der Waals surface area contributed by atoms with Crippen LogP contribution in [0, 0.1) is 0 Å². The molecular weight excluding hydrogens is 286 g/mol. The van der Waals surface area contributed by atoms with Crippen molar-refractivity contribution in [2.75, 3.05) is 13.6 Å². The third kappa shape index (κ3) is 2.97. The third-order valence-electron chi connectivity index (χ3n) is 3.27. The summed E-state index contributed by atoms with van der Waals surface area (Å²) in [6, 6.07) is -0.995. The number of piperidine rings is 1. The molecule has 20 heavy (non-hydrogen) atoms. The lowest BCUT2D eigenvalue weighted by atomic mass is 10.1. The number of nitrogens with one attached hydrogen (secondary N) is 1. The molecule has 1 atom stereocenters. The molecule has 1 aromatic rings. The summed E-state index contributed by atoms with van der Waals surface area (Å²) in [5.41, 5.74) is 0. The number of aromatic nitrogens is 3. The van der Waals surface area contributed by atoms with Crippen LogP contribution in [0.25, 0.3) is 0 Å². The van der Waals surface area contributed by atoms with E-state index in [1.807, 2.05) is 0 Å². The zero-order chi connectivity index (χ0) is 14.8. The lowest BCUT2D eigenvalue weighted by molar-refractivity contribution is -0.142. The van der Waals surface area contributed by atoms with Crippen molar-refractivity contribution in [2.24, 2.45) is 0 Å². The molecule has 1 aliphatic heterocycles. The first-order valence-corrected chi connectivity index (χ1v) is 7.63. The monoisotopic (exact) mass is 303 g/mol. The van der Waals surface area contributed by atoms with Gasteiger partial charge in [-0.2, -0.15) is 22.1 Å². The number of carboxylic acids is 1. The number of aromatic amines is 1. The summed E-state index contributed by atoms with van der Waals surface area (Å²) in [5, 5.41) is 15.4. The van der Waals surface area contributed by atoms with Crippen molar-refractivity contribution >= 4 is 16.2 Å². The Morgan fingerprint density at radius 1 is 1.60 bits per heavy atom. The number of carbonyl (C=O) groups is 1. The second kappa shape index (κ2) is 5.85. The fourth-order valence-electron chi connectivity index (χ4n) is 2.21. The van der Waals surface area contributed by atoms with Crippen molar-refractivity contribution < 1.29 is 18.3 Å². The summed E-state index contributed by atoms with van der Waals surface area (Å²) in [4.78, 5) is 15.1. The maximum Gasteiger partial charge on any atom is 0.322 e. The fourth-order valence-corrected chi connectivity index (χ4v) is 3.73. The van der Waals surface area contributed by atoms with Crippen molar-refractivity contribution in [1.82, 2.24) is 23.8 Å². The summed E-state index contributed by atoms with van der Waals surface area (Å²) in [6.07, 6.45) is 3.01. The van der Waals surface area contributed by atoms with E-state index in [1.165, 1.54) is 13.4 Å². The maximum atomic E-state index is 12.5. The molecule has 0 radical (unpaired) electrons. The first-order chi connectivity index (χ1) is 9.43. The van der Waals surface area contributed by atoms with Crippen LogP contribution in [0.15, 0.2) is 6.33 Å². The topological polar surface area (TPSA) is 119 Å². The molecule has 112 valence electrons. The van der Waals surface area contributed by atoms with E-state index >= 15 is 0 Å². The van der Waals surface area contributed by atoms with E-state index in [2.05, 4.69) is 15.2 Å². The van der Waals surface area contributed by atoms with Crippen LogP contribution in [-0.4, -0.2) is 62.9 Å². The highest BCUT2D eigenvalue weighted by Crippen LogP contribution is 2.22. The SMILES string of the molecule is CN(Cc1ncn[nH]1)S(=O)(=O)N1CCCCC1C(=O)O. The molecule has 0 spiro atoms. The molecule has 0 aromatic carbocycles. The Hall–Kier alpha value is -1.52. The largest absolute Gasteiger partial charge is 0.480 e. The van der Waals surface area contributed by atoms with Crippen LogP contribution < -0.4 is 0 Å². The normalized spacial score (nSPS) is 21.2. The van der Waals surface area contributed by atoms with E-state index in [1.54, 1.807) is 0 Å². The van der Waals surface area contributed by atoms with Gasteiger partial charge in [0.2, 0.25) is 0 Å². The minimum Gasteiger partial charge on any atom is -0.480 e.